The number of rotatable bonds is 5. The molecule has 1 heterocycles. The lowest BCUT2D eigenvalue weighted by molar-refractivity contribution is -0.147. The van der Waals surface area contributed by atoms with Gasteiger partial charge in [0.15, 0.2) is 6.10 Å². The molecule has 88 valence electrons. The van der Waals surface area contributed by atoms with Crippen LogP contribution in [0, 0.1) is 0 Å². The third-order valence-corrected chi connectivity index (χ3v) is 2.36. The van der Waals surface area contributed by atoms with Crippen molar-refractivity contribution in [3.63, 3.8) is 0 Å². The number of hydrogen-bond donors (Lipinski definition) is 2. The van der Waals surface area contributed by atoms with E-state index in [-0.39, 0.29) is 12.0 Å². The van der Waals surface area contributed by atoms with Crippen molar-refractivity contribution >= 4 is 5.91 Å². The minimum atomic E-state index is -0.488. The number of carbonyl (C=O) groups is 1. The van der Waals surface area contributed by atoms with Crippen LogP contribution in [-0.2, 0) is 14.3 Å². The highest BCUT2D eigenvalue weighted by molar-refractivity contribution is 5.80. The second kappa shape index (κ2) is 6.76. The summed E-state index contributed by atoms with van der Waals surface area (Å²) >= 11 is 0. The van der Waals surface area contributed by atoms with E-state index in [0.29, 0.717) is 39.2 Å². The summed E-state index contributed by atoms with van der Waals surface area (Å²) in [6.07, 6.45) is 0.459. The number of amides is 1. The zero-order valence-corrected chi connectivity index (χ0v) is 9.07. The molecule has 0 aliphatic carbocycles. The molecule has 0 spiro atoms. The largest absolute Gasteiger partial charge is 0.393 e. The van der Waals surface area contributed by atoms with E-state index in [9.17, 15) is 9.90 Å². The minimum absolute atomic E-state index is 0.155. The summed E-state index contributed by atoms with van der Waals surface area (Å²) in [4.78, 5) is 11.5. The molecule has 1 aliphatic rings. The molecule has 1 aliphatic heterocycles. The predicted octanol–water partition coefficient (Wildman–Crippen LogP) is -0.321. The van der Waals surface area contributed by atoms with E-state index in [1.165, 1.54) is 0 Å². The number of hydrogen-bond acceptors (Lipinski definition) is 4. The van der Waals surface area contributed by atoms with Gasteiger partial charge in [-0.25, -0.2) is 0 Å². The fourth-order valence-electron chi connectivity index (χ4n) is 1.32. The molecular weight excluding hydrogens is 198 g/mol. The van der Waals surface area contributed by atoms with Gasteiger partial charge in [-0.3, -0.25) is 4.79 Å². The maximum absolute atomic E-state index is 11.5. The van der Waals surface area contributed by atoms with Gasteiger partial charge in [0.1, 0.15) is 0 Å². The Kier molecular flexibility index (Phi) is 5.60. The van der Waals surface area contributed by atoms with E-state index in [1.807, 2.05) is 6.92 Å². The first-order chi connectivity index (χ1) is 7.24. The molecule has 1 fully saturated rings. The lowest BCUT2D eigenvalue weighted by Gasteiger charge is -2.22. The van der Waals surface area contributed by atoms with Crippen molar-refractivity contribution in [2.75, 3.05) is 26.4 Å². The van der Waals surface area contributed by atoms with Crippen molar-refractivity contribution in [2.24, 2.45) is 0 Å². The summed E-state index contributed by atoms with van der Waals surface area (Å²) in [6.45, 7) is 3.73. The SMILES string of the molecule is CCC(O)CCNC(=O)C1COCCO1. The number of aliphatic hydroxyl groups is 1. The van der Waals surface area contributed by atoms with E-state index >= 15 is 0 Å². The third kappa shape index (κ3) is 4.59. The fourth-order valence-corrected chi connectivity index (χ4v) is 1.32. The number of ether oxygens (including phenoxy) is 2. The van der Waals surface area contributed by atoms with E-state index in [2.05, 4.69) is 5.32 Å². The van der Waals surface area contributed by atoms with Crippen LogP contribution in [0.5, 0.6) is 0 Å². The zero-order valence-electron chi connectivity index (χ0n) is 9.07. The van der Waals surface area contributed by atoms with Crippen LogP contribution in [0.4, 0.5) is 0 Å². The lowest BCUT2D eigenvalue weighted by Crippen LogP contribution is -2.43. The molecule has 0 radical (unpaired) electrons. The fraction of sp³-hybridized carbons (Fsp3) is 0.900. The summed E-state index contributed by atoms with van der Waals surface area (Å²) in [5, 5.41) is 12.0. The second-order valence-electron chi connectivity index (χ2n) is 3.58. The van der Waals surface area contributed by atoms with E-state index < -0.39 is 6.10 Å². The summed E-state index contributed by atoms with van der Waals surface area (Å²) in [6, 6.07) is 0. The quantitative estimate of drug-likeness (QED) is 0.662. The first-order valence-corrected chi connectivity index (χ1v) is 5.39. The van der Waals surface area contributed by atoms with Gasteiger partial charge in [0.2, 0.25) is 0 Å². The average molecular weight is 217 g/mol. The van der Waals surface area contributed by atoms with Gasteiger partial charge in [0, 0.05) is 6.54 Å². The smallest absolute Gasteiger partial charge is 0.251 e. The second-order valence-corrected chi connectivity index (χ2v) is 3.58. The normalized spacial score (nSPS) is 23.5. The maximum Gasteiger partial charge on any atom is 0.251 e. The van der Waals surface area contributed by atoms with Gasteiger partial charge in [-0.05, 0) is 12.8 Å². The Morgan fingerprint density at radius 2 is 2.40 bits per heavy atom. The van der Waals surface area contributed by atoms with Gasteiger partial charge in [0.25, 0.3) is 5.91 Å². The van der Waals surface area contributed by atoms with E-state index in [4.69, 9.17) is 9.47 Å². The molecule has 0 bridgehead atoms. The van der Waals surface area contributed by atoms with Crippen molar-refractivity contribution in [3.05, 3.63) is 0 Å². The summed E-state index contributed by atoms with van der Waals surface area (Å²) in [5.41, 5.74) is 0. The first kappa shape index (κ1) is 12.4. The Hall–Kier alpha value is -0.650. The minimum Gasteiger partial charge on any atom is -0.393 e. The average Bonchev–Trinajstić information content (AvgIpc) is 2.29. The first-order valence-electron chi connectivity index (χ1n) is 5.39. The molecule has 1 amide bonds. The molecule has 0 aromatic carbocycles. The molecule has 0 aromatic heterocycles. The van der Waals surface area contributed by atoms with Gasteiger partial charge in [0.05, 0.1) is 25.9 Å². The van der Waals surface area contributed by atoms with Crippen molar-refractivity contribution in [1.29, 1.82) is 0 Å². The van der Waals surface area contributed by atoms with E-state index in [1.54, 1.807) is 0 Å². The Bertz CT molecular complexity index is 192. The Labute approximate surface area is 89.8 Å². The summed E-state index contributed by atoms with van der Waals surface area (Å²) in [7, 11) is 0. The van der Waals surface area contributed by atoms with Gasteiger partial charge in [-0.15, -0.1) is 0 Å². The molecule has 0 aromatic rings. The molecule has 2 atom stereocenters. The third-order valence-electron chi connectivity index (χ3n) is 2.36. The molecule has 2 unspecified atom stereocenters. The highest BCUT2D eigenvalue weighted by atomic mass is 16.6. The van der Waals surface area contributed by atoms with Gasteiger partial charge in [-0.1, -0.05) is 6.92 Å². The molecule has 1 rings (SSSR count). The molecule has 0 saturated carbocycles. The Balaban J connectivity index is 2.12. The maximum atomic E-state index is 11.5. The molecule has 15 heavy (non-hydrogen) atoms. The van der Waals surface area contributed by atoms with Crippen LogP contribution in [0.3, 0.4) is 0 Å². The molecule has 5 nitrogen and oxygen atoms in total. The van der Waals surface area contributed by atoms with Crippen LogP contribution in [-0.4, -0.2) is 49.6 Å². The van der Waals surface area contributed by atoms with Gasteiger partial charge >= 0.3 is 0 Å². The topological polar surface area (TPSA) is 67.8 Å². The number of carbonyl (C=O) groups excluding carboxylic acids is 1. The molecule has 5 heteroatoms. The van der Waals surface area contributed by atoms with Crippen molar-refractivity contribution in [1.82, 2.24) is 5.32 Å². The van der Waals surface area contributed by atoms with Gasteiger partial charge < -0.3 is 19.9 Å². The molecular formula is C10H19NO4. The number of aliphatic hydroxyl groups excluding tert-OH is 1. The standard InChI is InChI=1S/C10H19NO4/c1-2-8(12)3-4-11-10(13)9-7-14-5-6-15-9/h8-9,12H,2-7H2,1H3,(H,11,13). The van der Waals surface area contributed by atoms with Crippen molar-refractivity contribution in [3.8, 4) is 0 Å². The summed E-state index contributed by atoms with van der Waals surface area (Å²) in [5.74, 6) is -0.155. The molecule has 2 N–H and O–H groups in total. The van der Waals surface area contributed by atoms with Crippen LogP contribution >= 0.6 is 0 Å². The van der Waals surface area contributed by atoms with Crippen LogP contribution in [0.2, 0.25) is 0 Å². The van der Waals surface area contributed by atoms with Gasteiger partial charge in [-0.2, -0.15) is 0 Å². The van der Waals surface area contributed by atoms with Crippen molar-refractivity contribution < 1.29 is 19.4 Å². The Morgan fingerprint density at radius 1 is 1.60 bits per heavy atom. The van der Waals surface area contributed by atoms with Crippen molar-refractivity contribution in [2.45, 2.75) is 32.0 Å². The monoisotopic (exact) mass is 217 g/mol. The predicted molar refractivity (Wildman–Crippen MR) is 54.5 cm³/mol. The summed E-state index contributed by atoms with van der Waals surface area (Å²) < 4.78 is 10.3. The number of nitrogens with one attached hydrogen (secondary N) is 1. The van der Waals surface area contributed by atoms with Crippen LogP contribution in [0.1, 0.15) is 19.8 Å². The highest BCUT2D eigenvalue weighted by Gasteiger charge is 2.22. The van der Waals surface area contributed by atoms with Crippen LogP contribution in [0.15, 0.2) is 0 Å². The van der Waals surface area contributed by atoms with Crippen LogP contribution in [0.25, 0.3) is 0 Å². The highest BCUT2D eigenvalue weighted by Crippen LogP contribution is 2.01. The van der Waals surface area contributed by atoms with Crippen LogP contribution < -0.4 is 5.32 Å². The zero-order chi connectivity index (χ0) is 11.1. The van der Waals surface area contributed by atoms with E-state index in [0.717, 1.165) is 0 Å². The Morgan fingerprint density at radius 3 is 3.00 bits per heavy atom. The lowest BCUT2D eigenvalue weighted by atomic mass is 10.2. The molecule has 1 saturated heterocycles.